The lowest BCUT2D eigenvalue weighted by atomic mass is 10.8. The summed E-state index contributed by atoms with van der Waals surface area (Å²) in [5, 5.41) is 0. The lowest BCUT2D eigenvalue weighted by molar-refractivity contribution is 0.134. The molecule has 0 radical (unpaired) electrons. The maximum Gasteiger partial charge on any atom is 0.496 e. The van der Waals surface area contributed by atoms with E-state index in [1.165, 1.54) is 0 Å². The molecule has 0 atom stereocenters. The van der Waals surface area contributed by atoms with Crippen molar-refractivity contribution in [2.75, 3.05) is 6.61 Å². The Morgan fingerprint density at radius 2 is 2.57 bits per heavy atom. The molecule has 0 spiro atoms. The molecule has 0 bridgehead atoms. The zero-order valence-electron chi connectivity index (χ0n) is 3.48. The Morgan fingerprint density at radius 1 is 2.00 bits per heavy atom. The fourth-order valence-electron chi connectivity index (χ4n) is 0.0984. The predicted molar refractivity (Wildman–Crippen MR) is 21.3 cm³/mol. The summed E-state index contributed by atoms with van der Waals surface area (Å²) in [6.45, 7) is -0.296. The van der Waals surface area contributed by atoms with Gasteiger partial charge in [-0.1, -0.05) is 5.92 Å². The van der Waals surface area contributed by atoms with Gasteiger partial charge in [-0.2, -0.15) is 0 Å². The molecule has 3 heteroatoms. The molecule has 0 fully saturated rings. The van der Waals surface area contributed by atoms with Crippen LogP contribution >= 0.6 is 0 Å². The SMILES string of the molecule is C#CCOC(=O)F. The van der Waals surface area contributed by atoms with Crippen molar-refractivity contribution >= 4 is 6.22 Å². The van der Waals surface area contributed by atoms with Gasteiger partial charge in [-0.05, 0) is 0 Å². The molecular weight excluding hydrogens is 99.0 g/mol. The Kier molecular flexibility index (Phi) is 2.69. The van der Waals surface area contributed by atoms with Crippen molar-refractivity contribution in [1.29, 1.82) is 0 Å². The van der Waals surface area contributed by atoms with Crippen molar-refractivity contribution in [2.45, 2.75) is 0 Å². The van der Waals surface area contributed by atoms with Gasteiger partial charge in [0.2, 0.25) is 0 Å². The van der Waals surface area contributed by atoms with Crippen LogP contribution < -0.4 is 0 Å². The monoisotopic (exact) mass is 102 g/mol. The second kappa shape index (κ2) is 3.16. The molecular formula is C4H3FO2. The molecule has 0 saturated carbocycles. The quantitative estimate of drug-likeness (QED) is 0.360. The highest BCUT2D eigenvalue weighted by atomic mass is 19.1. The molecule has 0 aromatic carbocycles. The third-order valence-corrected chi connectivity index (χ3v) is 0.269. The van der Waals surface area contributed by atoms with Gasteiger partial charge >= 0.3 is 6.22 Å². The molecule has 0 heterocycles. The number of rotatable bonds is 1. The van der Waals surface area contributed by atoms with Crippen LogP contribution in [0.5, 0.6) is 0 Å². The molecule has 0 aliphatic heterocycles. The average Bonchev–Trinajstić information content (AvgIpc) is 1.61. The summed E-state index contributed by atoms with van der Waals surface area (Å²) in [6, 6.07) is 0. The van der Waals surface area contributed by atoms with E-state index in [9.17, 15) is 9.18 Å². The van der Waals surface area contributed by atoms with E-state index in [2.05, 4.69) is 11.2 Å². The topological polar surface area (TPSA) is 26.3 Å². The van der Waals surface area contributed by atoms with Gasteiger partial charge in [-0.15, -0.1) is 10.8 Å². The Morgan fingerprint density at radius 3 is 2.71 bits per heavy atom. The molecule has 0 N–H and O–H groups in total. The van der Waals surface area contributed by atoms with Crippen LogP contribution in [0.1, 0.15) is 0 Å². The Balaban J connectivity index is 3.02. The highest BCUT2D eigenvalue weighted by molar-refractivity contribution is 5.58. The lowest BCUT2D eigenvalue weighted by Crippen LogP contribution is -1.92. The fourth-order valence-corrected chi connectivity index (χ4v) is 0.0984. The van der Waals surface area contributed by atoms with Crippen molar-refractivity contribution in [2.24, 2.45) is 0 Å². The van der Waals surface area contributed by atoms with Crippen LogP contribution in [0.25, 0.3) is 0 Å². The van der Waals surface area contributed by atoms with Gasteiger partial charge in [-0.25, -0.2) is 4.79 Å². The molecule has 0 unspecified atom stereocenters. The fraction of sp³-hybridized carbons (Fsp3) is 0.250. The molecule has 0 aliphatic rings. The molecule has 0 aromatic rings. The van der Waals surface area contributed by atoms with Gasteiger partial charge in [0, 0.05) is 0 Å². The Hall–Kier alpha value is -1.04. The maximum absolute atomic E-state index is 10.9. The number of ether oxygens (including phenoxy) is 1. The highest BCUT2D eigenvalue weighted by Gasteiger charge is 1.90. The van der Waals surface area contributed by atoms with E-state index in [-0.39, 0.29) is 6.61 Å². The third-order valence-electron chi connectivity index (χ3n) is 0.269. The Labute approximate surface area is 40.3 Å². The summed E-state index contributed by atoms with van der Waals surface area (Å²) in [5.74, 6) is 1.92. The molecule has 0 amide bonds. The molecule has 0 aliphatic carbocycles. The third kappa shape index (κ3) is 4.96. The normalized spacial score (nSPS) is 6.86. The van der Waals surface area contributed by atoms with Crippen molar-refractivity contribution < 1.29 is 13.9 Å². The van der Waals surface area contributed by atoms with E-state index >= 15 is 0 Å². The standard InChI is InChI=1S/C4H3FO2/c1-2-3-7-4(5)6/h1H,3H2. The lowest BCUT2D eigenvalue weighted by Gasteiger charge is -1.84. The van der Waals surface area contributed by atoms with Crippen molar-refractivity contribution in [1.82, 2.24) is 0 Å². The summed E-state index contributed by atoms with van der Waals surface area (Å²) in [6.07, 6.45) is 2.75. The van der Waals surface area contributed by atoms with Crippen LogP contribution in [0, 0.1) is 12.3 Å². The van der Waals surface area contributed by atoms with E-state index in [1.807, 2.05) is 5.92 Å². The number of hydrogen-bond acceptors (Lipinski definition) is 2. The van der Waals surface area contributed by atoms with Crippen LogP contribution in [-0.2, 0) is 4.74 Å². The minimum atomic E-state index is -1.84. The molecule has 2 nitrogen and oxygen atoms in total. The minimum absolute atomic E-state index is 0.296. The highest BCUT2D eigenvalue weighted by Crippen LogP contribution is 1.77. The van der Waals surface area contributed by atoms with E-state index in [0.717, 1.165) is 0 Å². The number of carbonyl (C=O) groups excluding carboxylic acids is 1. The zero-order valence-corrected chi connectivity index (χ0v) is 3.48. The Bertz CT molecular complexity index is 103. The van der Waals surface area contributed by atoms with Crippen molar-refractivity contribution in [3.63, 3.8) is 0 Å². The van der Waals surface area contributed by atoms with Gasteiger partial charge in [0.15, 0.2) is 6.61 Å². The van der Waals surface area contributed by atoms with Crippen LogP contribution in [-0.4, -0.2) is 12.8 Å². The first-order valence-corrected chi connectivity index (χ1v) is 1.53. The minimum Gasteiger partial charge on any atom is -0.427 e. The van der Waals surface area contributed by atoms with Gasteiger partial charge in [0.05, 0.1) is 0 Å². The number of carbonyl (C=O) groups is 1. The summed E-state index contributed by atoms with van der Waals surface area (Å²) in [5.41, 5.74) is 0. The number of terminal acetylenes is 1. The first-order chi connectivity index (χ1) is 3.27. The number of halogens is 1. The summed E-state index contributed by atoms with van der Waals surface area (Å²) < 4.78 is 14.6. The van der Waals surface area contributed by atoms with Crippen LogP contribution in [0.15, 0.2) is 0 Å². The van der Waals surface area contributed by atoms with Gasteiger partial charge in [0.25, 0.3) is 0 Å². The second-order valence-corrected chi connectivity index (χ2v) is 0.730. The van der Waals surface area contributed by atoms with Crippen LogP contribution in [0.4, 0.5) is 9.18 Å². The average molecular weight is 102 g/mol. The van der Waals surface area contributed by atoms with E-state index in [1.54, 1.807) is 0 Å². The summed E-state index contributed by atoms with van der Waals surface area (Å²) >= 11 is 0. The largest absolute Gasteiger partial charge is 0.496 e. The van der Waals surface area contributed by atoms with E-state index < -0.39 is 6.22 Å². The second-order valence-electron chi connectivity index (χ2n) is 0.730. The number of hydrogen-bond donors (Lipinski definition) is 0. The van der Waals surface area contributed by atoms with Crippen molar-refractivity contribution in [3.8, 4) is 12.3 Å². The van der Waals surface area contributed by atoms with Gasteiger partial charge in [-0.3, -0.25) is 0 Å². The van der Waals surface area contributed by atoms with Gasteiger partial charge in [0.1, 0.15) is 0 Å². The molecule has 7 heavy (non-hydrogen) atoms. The maximum atomic E-state index is 10.9. The van der Waals surface area contributed by atoms with Crippen molar-refractivity contribution in [3.05, 3.63) is 0 Å². The van der Waals surface area contributed by atoms with Crippen LogP contribution in [0.2, 0.25) is 0 Å². The zero-order chi connectivity index (χ0) is 5.70. The first-order valence-electron chi connectivity index (χ1n) is 1.53. The molecule has 0 aromatic heterocycles. The van der Waals surface area contributed by atoms with E-state index in [0.29, 0.717) is 0 Å². The molecule has 38 valence electrons. The van der Waals surface area contributed by atoms with Crippen LogP contribution in [0.3, 0.4) is 0 Å². The predicted octanol–water partition coefficient (Wildman–Crippen LogP) is 0.726. The summed E-state index contributed by atoms with van der Waals surface area (Å²) in [7, 11) is 0. The van der Waals surface area contributed by atoms with E-state index in [4.69, 9.17) is 0 Å². The smallest absolute Gasteiger partial charge is 0.427 e. The van der Waals surface area contributed by atoms with Gasteiger partial charge < -0.3 is 4.74 Å². The summed E-state index contributed by atoms with van der Waals surface area (Å²) in [4.78, 5) is 9.22. The molecule has 0 rings (SSSR count). The first kappa shape index (κ1) is 5.96. The molecule has 0 saturated heterocycles.